The van der Waals surface area contributed by atoms with Gasteiger partial charge in [-0.3, -0.25) is 9.59 Å². The van der Waals surface area contributed by atoms with Gasteiger partial charge in [0.25, 0.3) is 0 Å². The lowest BCUT2D eigenvalue weighted by Crippen LogP contribution is -2.55. The molecule has 0 spiro atoms. The molecule has 5 heteroatoms. The summed E-state index contributed by atoms with van der Waals surface area (Å²) in [5.41, 5.74) is 1.20. The van der Waals surface area contributed by atoms with E-state index in [1.54, 1.807) is 18.8 Å². The first-order valence-electron chi connectivity index (χ1n) is 7.53. The van der Waals surface area contributed by atoms with Crippen molar-refractivity contribution in [2.24, 2.45) is 0 Å². The predicted octanol–water partition coefficient (Wildman–Crippen LogP) is 2.98. The van der Waals surface area contributed by atoms with Crippen LogP contribution in [0, 0.1) is 0 Å². The summed E-state index contributed by atoms with van der Waals surface area (Å²) in [6.07, 6.45) is 0. The van der Waals surface area contributed by atoms with E-state index >= 15 is 0 Å². The van der Waals surface area contributed by atoms with E-state index in [9.17, 15) is 9.59 Å². The number of benzene rings is 1. The van der Waals surface area contributed by atoms with Crippen molar-refractivity contribution in [3.05, 3.63) is 35.9 Å². The molecule has 1 rings (SSSR count). The molecule has 1 unspecified atom stereocenters. The van der Waals surface area contributed by atoms with E-state index < -0.39 is 10.8 Å². The number of nitrogens with one attached hydrogen (secondary N) is 2. The molecule has 0 radical (unpaired) electrons. The zero-order chi connectivity index (χ0) is 17.2. The number of amides is 2. The van der Waals surface area contributed by atoms with Gasteiger partial charge in [0.1, 0.15) is 6.04 Å². The first kappa shape index (κ1) is 20.5. The van der Waals surface area contributed by atoms with E-state index in [-0.39, 0.29) is 11.8 Å². The van der Waals surface area contributed by atoms with Gasteiger partial charge in [0.2, 0.25) is 11.8 Å². The van der Waals surface area contributed by atoms with Crippen molar-refractivity contribution >= 4 is 23.6 Å². The lowest BCUT2D eigenvalue weighted by atomic mass is 10.0. The van der Waals surface area contributed by atoms with E-state index in [0.29, 0.717) is 0 Å². The van der Waals surface area contributed by atoms with Gasteiger partial charge in [0.05, 0.1) is 0 Å². The fourth-order valence-corrected chi connectivity index (χ4v) is 2.89. The molecule has 2 amide bonds. The predicted molar refractivity (Wildman–Crippen MR) is 94.8 cm³/mol. The second-order valence-corrected chi connectivity index (χ2v) is 6.76. The minimum Gasteiger partial charge on any atom is -0.357 e. The van der Waals surface area contributed by atoms with Gasteiger partial charge in [-0.1, -0.05) is 44.2 Å². The molecule has 0 saturated carbocycles. The third kappa shape index (κ3) is 6.98. The average molecular weight is 324 g/mol. The molecule has 1 aromatic carbocycles. The summed E-state index contributed by atoms with van der Waals surface area (Å²) in [7, 11) is 1.58. The number of likely N-dealkylation sites (N-methyl/N-ethyl adjacent to an activating group) is 1. The van der Waals surface area contributed by atoms with Crippen molar-refractivity contribution in [3.8, 4) is 0 Å². The van der Waals surface area contributed by atoms with Crippen LogP contribution in [0.2, 0.25) is 0 Å². The molecule has 0 bridgehead atoms. The third-order valence-corrected chi connectivity index (χ3v) is 4.46. The number of carbonyl (C=O) groups is 2. The van der Waals surface area contributed by atoms with E-state index in [1.807, 2.05) is 45.9 Å². The minimum atomic E-state index is -0.557. The molecular weight excluding hydrogens is 296 g/mol. The highest BCUT2D eigenvalue weighted by Gasteiger charge is 2.35. The van der Waals surface area contributed by atoms with Crippen molar-refractivity contribution in [1.82, 2.24) is 10.6 Å². The quantitative estimate of drug-likeness (QED) is 0.846. The Morgan fingerprint density at radius 1 is 1.18 bits per heavy atom. The Kier molecular flexibility index (Phi) is 9.58. The Labute approximate surface area is 138 Å². The van der Waals surface area contributed by atoms with Crippen LogP contribution in [0.15, 0.2) is 30.3 Å². The topological polar surface area (TPSA) is 58.2 Å². The molecular formula is C17H28N2O2S. The molecule has 1 atom stereocenters. The van der Waals surface area contributed by atoms with Crippen LogP contribution >= 0.6 is 11.8 Å². The summed E-state index contributed by atoms with van der Waals surface area (Å²) in [6, 6.07) is 9.51. The summed E-state index contributed by atoms with van der Waals surface area (Å²) in [5, 5.41) is 5.34. The van der Waals surface area contributed by atoms with Gasteiger partial charge < -0.3 is 10.6 Å². The molecule has 0 aliphatic rings. The standard InChI is InChI=1S/C15H22N2O2S.C2H6/c1-11(18)17-13(14(19)16-4)15(2,3)20-10-12-8-6-5-7-9-12;1-2/h5-9,13H,10H2,1-4H3,(H,16,19)(H,17,18);1-2H3. The van der Waals surface area contributed by atoms with Crippen molar-refractivity contribution in [2.45, 2.75) is 51.2 Å². The van der Waals surface area contributed by atoms with Crippen LogP contribution in [0.3, 0.4) is 0 Å². The van der Waals surface area contributed by atoms with Crippen LogP contribution in [-0.2, 0) is 15.3 Å². The first-order chi connectivity index (χ1) is 10.4. The second-order valence-electron chi connectivity index (χ2n) is 5.13. The van der Waals surface area contributed by atoms with Crippen LogP contribution in [-0.4, -0.2) is 29.7 Å². The average Bonchev–Trinajstić information content (AvgIpc) is 2.52. The molecule has 1 aromatic rings. The van der Waals surface area contributed by atoms with Crippen LogP contribution < -0.4 is 10.6 Å². The Hall–Kier alpha value is -1.49. The van der Waals surface area contributed by atoms with Gasteiger partial charge >= 0.3 is 0 Å². The second kappa shape index (κ2) is 10.3. The largest absolute Gasteiger partial charge is 0.357 e. The third-order valence-electron chi connectivity index (χ3n) is 3.01. The van der Waals surface area contributed by atoms with Crippen molar-refractivity contribution in [1.29, 1.82) is 0 Å². The molecule has 0 aliphatic heterocycles. The maximum absolute atomic E-state index is 12.0. The highest BCUT2D eigenvalue weighted by atomic mass is 32.2. The van der Waals surface area contributed by atoms with Gasteiger partial charge in [0, 0.05) is 24.5 Å². The van der Waals surface area contributed by atoms with Gasteiger partial charge in [-0.15, -0.1) is 11.8 Å². The number of thioether (sulfide) groups is 1. The van der Waals surface area contributed by atoms with E-state index in [2.05, 4.69) is 22.8 Å². The highest BCUT2D eigenvalue weighted by Crippen LogP contribution is 2.31. The fraction of sp³-hybridized carbons (Fsp3) is 0.529. The Morgan fingerprint density at radius 2 is 1.73 bits per heavy atom. The van der Waals surface area contributed by atoms with Crippen molar-refractivity contribution in [3.63, 3.8) is 0 Å². The molecule has 0 aliphatic carbocycles. The first-order valence-corrected chi connectivity index (χ1v) is 8.52. The number of carbonyl (C=O) groups excluding carboxylic acids is 2. The molecule has 2 N–H and O–H groups in total. The molecule has 124 valence electrons. The van der Waals surface area contributed by atoms with Crippen LogP contribution in [0.4, 0.5) is 0 Å². The molecule has 0 heterocycles. The summed E-state index contributed by atoms with van der Waals surface area (Å²) in [4.78, 5) is 23.3. The highest BCUT2D eigenvalue weighted by molar-refractivity contribution is 7.99. The monoisotopic (exact) mass is 324 g/mol. The Morgan fingerprint density at radius 3 is 2.18 bits per heavy atom. The SMILES string of the molecule is CC.CNC(=O)C(NC(C)=O)C(C)(C)SCc1ccccc1. The van der Waals surface area contributed by atoms with E-state index in [0.717, 1.165) is 5.75 Å². The van der Waals surface area contributed by atoms with Gasteiger partial charge in [-0.2, -0.15) is 0 Å². The minimum absolute atomic E-state index is 0.175. The number of hydrogen-bond donors (Lipinski definition) is 2. The van der Waals surface area contributed by atoms with Gasteiger partial charge in [-0.05, 0) is 19.4 Å². The van der Waals surface area contributed by atoms with E-state index in [4.69, 9.17) is 0 Å². The van der Waals surface area contributed by atoms with E-state index in [1.165, 1.54) is 12.5 Å². The molecule has 4 nitrogen and oxygen atoms in total. The molecule has 0 aromatic heterocycles. The van der Waals surface area contributed by atoms with Crippen LogP contribution in [0.5, 0.6) is 0 Å². The zero-order valence-corrected chi connectivity index (χ0v) is 15.2. The summed E-state index contributed by atoms with van der Waals surface area (Å²) in [5.74, 6) is 0.415. The van der Waals surface area contributed by atoms with Gasteiger partial charge in [0.15, 0.2) is 0 Å². The summed E-state index contributed by atoms with van der Waals surface area (Å²) < 4.78 is -0.401. The smallest absolute Gasteiger partial charge is 0.243 e. The normalized spacial score (nSPS) is 11.7. The summed E-state index contributed by atoms with van der Waals surface area (Å²) in [6.45, 7) is 9.36. The Bertz CT molecular complexity index is 461. The lowest BCUT2D eigenvalue weighted by Gasteiger charge is -2.32. The van der Waals surface area contributed by atoms with Crippen molar-refractivity contribution < 1.29 is 9.59 Å². The fourth-order valence-electron chi connectivity index (χ4n) is 1.83. The van der Waals surface area contributed by atoms with Gasteiger partial charge in [-0.25, -0.2) is 0 Å². The maximum Gasteiger partial charge on any atom is 0.243 e. The lowest BCUT2D eigenvalue weighted by molar-refractivity contribution is -0.128. The molecule has 0 fully saturated rings. The molecule has 22 heavy (non-hydrogen) atoms. The Balaban J connectivity index is 0.00000211. The summed E-state index contributed by atoms with van der Waals surface area (Å²) >= 11 is 1.65. The van der Waals surface area contributed by atoms with Crippen LogP contribution in [0.25, 0.3) is 0 Å². The maximum atomic E-state index is 12.0. The molecule has 0 saturated heterocycles. The number of hydrogen-bond acceptors (Lipinski definition) is 3. The zero-order valence-electron chi connectivity index (χ0n) is 14.4. The van der Waals surface area contributed by atoms with Crippen molar-refractivity contribution in [2.75, 3.05) is 7.05 Å². The number of rotatable bonds is 6. The van der Waals surface area contributed by atoms with Crippen LogP contribution in [0.1, 0.15) is 40.2 Å².